The lowest BCUT2D eigenvalue weighted by Gasteiger charge is -2.15. The summed E-state index contributed by atoms with van der Waals surface area (Å²) < 4.78 is 26.8. The summed E-state index contributed by atoms with van der Waals surface area (Å²) in [5, 5.41) is 29.5. The Labute approximate surface area is 142 Å². The molecule has 0 spiro atoms. The van der Waals surface area contributed by atoms with Crippen molar-refractivity contribution in [3.8, 4) is 5.75 Å². The van der Waals surface area contributed by atoms with Gasteiger partial charge in [0.1, 0.15) is 11.8 Å². The van der Waals surface area contributed by atoms with E-state index in [1.807, 2.05) is 4.72 Å². The van der Waals surface area contributed by atoms with E-state index in [0.717, 1.165) is 12.1 Å². The number of nitrogens with one attached hydrogen (secondary N) is 1. The Balaban J connectivity index is 2.31. The van der Waals surface area contributed by atoms with Crippen LogP contribution in [0.3, 0.4) is 0 Å². The van der Waals surface area contributed by atoms with E-state index in [0.29, 0.717) is 5.56 Å². The van der Waals surface area contributed by atoms with Gasteiger partial charge in [-0.25, -0.2) is 8.42 Å². The number of hydrogen-bond acceptors (Lipinski definition) is 6. The first-order chi connectivity index (χ1) is 11.7. The van der Waals surface area contributed by atoms with Crippen LogP contribution in [0, 0.1) is 10.1 Å². The Morgan fingerprint density at radius 2 is 1.76 bits per heavy atom. The van der Waals surface area contributed by atoms with Crippen LogP contribution in [0.15, 0.2) is 53.4 Å². The minimum Gasteiger partial charge on any atom is -0.508 e. The van der Waals surface area contributed by atoms with Crippen molar-refractivity contribution in [2.45, 2.75) is 17.4 Å². The Morgan fingerprint density at radius 1 is 1.16 bits per heavy atom. The second kappa shape index (κ2) is 7.28. The maximum Gasteiger partial charge on any atom is 0.322 e. The van der Waals surface area contributed by atoms with Gasteiger partial charge in [0.15, 0.2) is 4.90 Å². The number of hydrogen-bond donors (Lipinski definition) is 3. The Morgan fingerprint density at radius 3 is 2.32 bits per heavy atom. The van der Waals surface area contributed by atoms with Crippen LogP contribution in [0.25, 0.3) is 0 Å². The molecule has 0 aliphatic carbocycles. The van der Waals surface area contributed by atoms with E-state index in [2.05, 4.69) is 0 Å². The van der Waals surface area contributed by atoms with E-state index in [9.17, 15) is 33.5 Å². The van der Waals surface area contributed by atoms with Crippen LogP contribution in [0.5, 0.6) is 5.75 Å². The van der Waals surface area contributed by atoms with E-state index in [-0.39, 0.29) is 12.2 Å². The first-order valence-corrected chi connectivity index (χ1v) is 8.45. The average molecular weight is 366 g/mol. The molecule has 0 bridgehead atoms. The van der Waals surface area contributed by atoms with Gasteiger partial charge in [0.25, 0.3) is 5.69 Å². The molecule has 0 unspecified atom stereocenters. The van der Waals surface area contributed by atoms with Gasteiger partial charge < -0.3 is 10.2 Å². The predicted octanol–water partition coefficient (Wildman–Crippen LogP) is 1.27. The maximum atomic E-state index is 12.4. The number of nitro benzene ring substituents is 1. The summed E-state index contributed by atoms with van der Waals surface area (Å²) in [5.41, 5.74) is -0.181. The molecule has 3 N–H and O–H groups in total. The number of phenols is 1. The summed E-state index contributed by atoms with van der Waals surface area (Å²) in [6.07, 6.45) is -0.199. The molecule has 10 heteroatoms. The van der Waals surface area contributed by atoms with Gasteiger partial charge in [-0.1, -0.05) is 24.3 Å². The highest BCUT2D eigenvalue weighted by Gasteiger charge is 2.30. The molecule has 0 saturated heterocycles. The van der Waals surface area contributed by atoms with Crippen LogP contribution in [-0.4, -0.2) is 35.6 Å². The fourth-order valence-electron chi connectivity index (χ4n) is 2.13. The lowest BCUT2D eigenvalue weighted by atomic mass is 10.1. The third-order valence-electron chi connectivity index (χ3n) is 3.32. The number of phenolic OH excluding ortho intramolecular Hbond substituents is 1. The SMILES string of the molecule is O=C(O)[C@H](Cc1ccc(O)cc1)NS(=O)(=O)c1ccccc1[N+](=O)[O-]. The van der Waals surface area contributed by atoms with Crippen molar-refractivity contribution in [1.82, 2.24) is 4.72 Å². The molecule has 0 radical (unpaired) electrons. The molecule has 2 aromatic rings. The van der Waals surface area contributed by atoms with Crippen molar-refractivity contribution in [3.05, 3.63) is 64.2 Å². The quantitative estimate of drug-likeness (QED) is 0.494. The van der Waals surface area contributed by atoms with Crippen molar-refractivity contribution in [3.63, 3.8) is 0 Å². The van der Waals surface area contributed by atoms with Crippen LogP contribution in [0.2, 0.25) is 0 Å². The molecule has 25 heavy (non-hydrogen) atoms. The number of carboxylic acid groups (broad SMARTS) is 1. The number of carboxylic acids is 1. The number of nitro groups is 1. The number of benzene rings is 2. The number of aromatic hydroxyl groups is 1. The smallest absolute Gasteiger partial charge is 0.322 e. The highest BCUT2D eigenvalue weighted by molar-refractivity contribution is 7.89. The molecule has 0 aliphatic heterocycles. The molecule has 0 aliphatic rings. The Hall–Kier alpha value is -2.98. The van der Waals surface area contributed by atoms with Crippen LogP contribution in [0.1, 0.15) is 5.56 Å². The van der Waals surface area contributed by atoms with Crippen LogP contribution in [-0.2, 0) is 21.2 Å². The lowest BCUT2D eigenvalue weighted by molar-refractivity contribution is -0.387. The summed E-state index contributed by atoms with van der Waals surface area (Å²) >= 11 is 0. The van der Waals surface area contributed by atoms with Gasteiger partial charge in [0, 0.05) is 6.07 Å². The van der Waals surface area contributed by atoms with Crippen molar-refractivity contribution in [1.29, 1.82) is 0 Å². The van der Waals surface area contributed by atoms with Crippen molar-refractivity contribution in [2.24, 2.45) is 0 Å². The predicted molar refractivity (Wildman–Crippen MR) is 86.7 cm³/mol. The fraction of sp³-hybridized carbons (Fsp3) is 0.133. The molecule has 132 valence electrons. The molecule has 1 atom stereocenters. The molecule has 0 heterocycles. The van der Waals surface area contributed by atoms with Crippen molar-refractivity contribution >= 4 is 21.7 Å². The minimum absolute atomic E-state index is 0.0175. The topological polar surface area (TPSA) is 147 Å². The van der Waals surface area contributed by atoms with E-state index in [1.165, 1.54) is 36.4 Å². The summed E-state index contributed by atoms with van der Waals surface area (Å²) in [6, 6.07) is 8.70. The summed E-state index contributed by atoms with van der Waals surface area (Å²) in [4.78, 5) is 20.9. The second-order valence-corrected chi connectivity index (χ2v) is 6.79. The molecule has 2 aromatic carbocycles. The third kappa shape index (κ3) is 4.52. The highest BCUT2D eigenvalue weighted by atomic mass is 32.2. The highest BCUT2D eigenvalue weighted by Crippen LogP contribution is 2.23. The molecular formula is C15H14N2O7S. The van der Waals surface area contributed by atoms with Gasteiger partial charge in [-0.15, -0.1) is 0 Å². The van der Waals surface area contributed by atoms with Gasteiger partial charge in [-0.05, 0) is 30.2 Å². The van der Waals surface area contributed by atoms with Gasteiger partial charge in [-0.3, -0.25) is 14.9 Å². The third-order valence-corrected chi connectivity index (χ3v) is 4.84. The Bertz CT molecular complexity index is 894. The average Bonchev–Trinajstić information content (AvgIpc) is 2.56. The van der Waals surface area contributed by atoms with Crippen LogP contribution >= 0.6 is 0 Å². The molecule has 0 saturated carbocycles. The van der Waals surface area contributed by atoms with E-state index in [1.54, 1.807) is 0 Å². The second-order valence-electron chi connectivity index (χ2n) is 5.11. The zero-order valence-corrected chi connectivity index (χ0v) is 13.5. The molecule has 0 fully saturated rings. The molecule has 0 aromatic heterocycles. The Kier molecular flexibility index (Phi) is 5.35. The van der Waals surface area contributed by atoms with E-state index >= 15 is 0 Å². The maximum absolute atomic E-state index is 12.4. The number of aliphatic carboxylic acids is 1. The van der Waals surface area contributed by atoms with E-state index in [4.69, 9.17) is 0 Å². The van der Waals surface area contributed by atoms with Gasteiger partial charge in [0.05, 0.1) is 4.92 Å². The monoisotopic (exact) mass is 366 g/mol. The minimum atomic E-state index is -4.43. The number of sulfonamides is 1. The standard InChI is InChI=1S/C15H14N2O7S/c18-11-7-5-10(6-8-11)9-12(15(19)20)16-25(23,24)14-4-2-1-3-13(14)17(21)22/h1-8,12,16,18H,9H2,(H,19,20)/t12-/m0/s1. The first-order valence-electron chi connectivity index (χ1n) is 6.97. The number of carbonyl (C=O) groups is 1. The van der Waals surface area contributed by atoms with Gasteiger partial charge in [0.2, 0.25) is 10.0 Å². The summed E-state index contributed by atoms with van der Waals surface area (Å²) in [7, 11) is -4.43. The molecule has 9 nitrogen and oxygen atoms in total. The molecular weight excluding hydrogens is 352 g/mol. The zero-order chi connectivity index (χ0) is 18.6. The largest absolute Gasteiger partial charge is 0.508 e. The zero-order valence-electron chi connectivity index (χ0n) is 12.7. The van der Waals surface area contributed by atoms with Gasteiger partial charge in [-0.2, -0.15) is 4.72 Å². The van der Waals surface area contributed by atoms with Crippen LogP contribution < -0.4 is 4.72 Å². The number of nitrogens with zero attached hydrogens (tertiary/aromatic N) is 1. The van der Waals surface area contributed by atoms with E-state index < -0.39 is 37.5 Å². The summed E-state index contributed by atoms with van der Waals surface area (Å²) in [6.45, 7) is 0. The van der Waals surface area contributed by atoms with Crippen LogP contribution in [0.4, 0.5) is 5.69 Å². The van der Waals surface area contributed by atoms with Crippen molar-refractivity contribution in [2.75, 3.05) is 0 Å². The normalized spacial score (nSPS) is 12.5. The van der Waals surface area contributed by atoms with Crippen molar-refractivity contribution < 1.29 is 28.3 Å². The molecule has 2 rings (SSSR count). The summed E-state index contributed by atoms with van der Waals surface area (Å²) in [5.74, 6) is -1.45. The fourth-order valence-corrected chi connectivity index (χ4v) is 3.49. The number of para-hydroxylation sites is 1. The lowest BCUT2D eigenvalue weighted by Crippen LogP contribution is -2.42. The number of rotatable bonds is 7. The molecule has 0 amide bonds. The first kappa shape index (κ1) is 18.4. The van der Waals surface area contributed by atoms with Gasteiger partial charge >= 0.3 is 5.97 Å².